The highest BCUT2D eigenvalue weighted by Crippen LogP contribution is 2.40. The number of halogens is 1. The molecule has 2 N–H and O–H groups in total. The number of rotatable bonds is 3. The van der Waals surface area contributed by atoms with Crippen LogP contribution < -0.4 is 5.32 Å². The SMILES string of the molecule is O=C(Nc1nc(C2CC2)cs1)c1cc(Br)c[nH]1. The van der Waals surface area contributed by atoms with E-state index in [-0.39, 0.29) is 5.91 Å². The van der Waals surface area contributed by atoms with E-state index in [9.17, 15) is 4.79 Å². The molecule has 2 aromatic heterocycles. The second-order valence-electron chi connectivity index (χ2n) is 4.04. The van der Waals surface area contributed by atoms with Crippen LogP contribution in [-0.4, -0.2) is 15.9 Å². The molecule has 0 aromatic carbocycles. The second-order valence-corrected chi connectivity index (χ2v) is 5.81. The summed E-state index contributed by atoms with van der Waals surface area (Å²) in [5.74, 6) is 0.462. The third-order valence-corrected chi connectivity index (χ3v) is 3.86. The van der Waals surface area contributed by atoms with Crippen molar-refractivity contribution in [2.24, 2.45) is 0 Å². The van der Waals surface area contributed by atoms with Gasteiger partial charge in [0.2, 0.25) is 0 Å². The minimum atomic E-state index is -0.160. The summed E-state index contributed by atoms with van der Waals surface area (Å²) in [5.41, 5.74) is 1.64. The Morgan fingerprint density at radius 2 is 2.41 bits per heavy atom. The lowest BCUT2D eigenvalue weighted by Gasteiger charge is -1.98. The first-order valence-corrected chi connectivity index (χ1v) is 7.00. The van der Waals surface area contributed by atoms with Crippen LogP contribution in [0.3, 0.4) is 0 Å². The number of aromatic amines is 1. The van der Waals surface area contributed by atoms with E-state index in [1.165, 1.54) is 24.2 Å². The number of H-pyrrole nitrogens is 1. The van der Waals surface area contributed by atoms with E-state index in [1.807, 2.05) is 5.38 Å². The zero-order valence-corrected chi connectivity index (χ0v) is 11.3. The van der Waals surface area contributed by atoms with E-state index in [4.69, 9.17) is 0 Å². The maximum absolute atomic E-state index is 11.8. The summed E-state index contributed by atoms with van der Waals surface area (Å²) in [7, 11) is 0. The molecule has 1 aliphatic rings. The first-order chi connectivity index (χ1) is 8.22. The van der Waals surface area contributed by atoms with Crippen molar-refractivity contribution < 1.29 is 4.79 Å². The number of hydrogen-bond acceptors (Lipinski definition) is 3. The van der Waals surface area contributed by atoms with Gasteiger partial charge in [0.1, 0.15) is 5.69 Å². The molecule has 17 heavy (non-hydrogen) atoms. The molecule has 0 unspecified atom stereocenters. The standard InChI is InChI=1S/C11H10BrN3OS/c12-7-3-8(13-4-7)10(16)15-11-14-9(5-17-11)6-1-2-6/h3-6,13H,1-2H2,(H,14,15,16). The summed E-state index contributed by atoms with van der Waals surface area (Å²) in [4.78, 5) is 19.1. The lowest BCUT2D eigenvalue weighted by molar-refractivity contribution is 0.102. The summed E-state index contributed by atoms with van der Waals surface area (Å²) < 4.78 is 0.862. The quantitative estimate of drug-likeness (QED) is 0.913. The number of carbonyl (C=O) groups is 1. The average Bonchev–Trinajstić information content (AvgIpc) is 2.90. The van der Waals surface area contributed by atoms with Gasteiger partial charge < -0.3 is 4.98 Å². The van der Waals surface area contributed by atoms with Gasteiger partial charge >= 0.3 is 0 Å². The summed E-state index contributed by atoms with van der Waals surface area (Å²) >= 11 is 4.77. The third-order valence-electron chi connectivity index (χ3n) is 2.63. The van der Waals surface area contributed by atoms with E-state index in [0.29, 0.717) is 16.7 Å². The van der Waals surface area contributed by atoms with Gasteiger partial charge in [0, 0.05) is 22.0 Å². The van der Waals surface area contributed by atoms with Gasteiger partial charge in [-0.2, -0.15) is 0 Å². The van der Waals surface area contributed by atoms with E-state index in [2.05, 4.69) is 31.2 Å². The molecule has 1 amide bonds. The summed E-state index contributed by atoms with van der Waals surface area (Å²) in [6.45, 7) is 0. The van der Waals surface area contributed by atoms with E-state index in [0.717, 1.165) is 10.2 Å². The summed E-state index contributed by atoms with van der Waals surface area (Å²) in [6.07, 6.45) is 4.17. The topological polar surface area (TPSA) is 57.8 Å². The number of nitrogens with one attached hydrogen (secondary N) is 2. The fourth-order valence-corrected chi connectivity index (χ4v) is 2.70. The van der Waals surface area contributed by atoms with Crippen molar-refractivity contribution in [2.75, 3.05) is 5.32 Å². The van der Waals surface area contributed by atoms with Crippen molar-refractivity contribution in [3.05, 3.63) is 33.5 Å². The van der Waals surface area contributed by atoms with Gasteiger partial charge in [0.25, 0.3) is 5.91 Å². The smallest absolute Gasteiger partial charge is 0.273 e. The van der Waals surface area contributed by atoms with E-state index in [1.54, 1.807) is 12.3 Å². The van der Waals surface area contributed by atoms with Crippen LogP contribution in [0, 0.1) is 0 Å². The van der Waals surface area contributed by atoms with Crippen LogP contribution in [0.1, 0.15) is 34.9 Å². The molecule has 1 fully saturated rings. The van der Waals surface area contributed by atoms with Crippen molar-refractivity contribution in [3.63, 3.8) is 0 Å². The molecule has 0 radical (unpaired) electrons. The maximum atomic E-state index is 11.8. The first kappa shape index (κ1) is 11.0. The van der Waals surface area contributed by atoms with Crippen LogP contribution in [0.2, 0.25) is 0 Å². The highest BCUT2D eigenvalue weighted by Gasteiger charge is 2.26. The van der Waals surface area contributed by atoms with Gasteiger partial charge in [-0.05, 0) is 34.8 Å². The van der Waals surface area contributed by atoms with Crippen molar-refractivity contribution in [1.29, 1.82) is 0 Å². The zero-order chi connectivity index (χ0) is 11.8. The van der Waals surface area contributed by atoms with Crippen molar-refractivity contribution >= 4 is 38.3 Å². The largest absolute Gasteiger partial charge is 0.356 e. The van der Waals surface area contributed by atoms with Gasteiger partial charge in [-0.25, -0.2) is 4.98 Å². The number of thiazole rings is 1. The molecule has 0 bridgehead atoms. The number of carbonyl (C=O) groups excluding carboxylic acids is 1. The van der Waals surface area contributed by atoms with Crippen molar-refractivity contribution in [3.8, 4) is 0 Å². The Kier molecular flexibility index (Phi) is 2.76. The molecule has 6 heteroatoms. The van der Waals surface area contributed by atoms with Crippen molar-refractivity contribution in [1.82, 2.24) is 9.97 Å². The fourth-order valence-electron chi connectivity index (χ4n) is 1.57. The normalized spacial score (nSPS) is 14.9. The highest BCUT2D eigenvalue weighted by atomic mass is 79.9. The van der Waals surface area contributed by atoms with Gasteiger partial charge in [0.05, 0.1) is 5.69 Å². The molecule has 2 aromatic rings. The van der Waals surface area contributed by atoms with Gasteiger partial charge in [-0.15, -0.1) is 11.3 Å². The molecular weight excluding hydrogens is 302 g/mol. The minimum Gasteiger partial charge on any atom is -0.356 e. The Hall–Kier alpha value is -1.14. The fraction of sp³-hybridized carbons (Fsp3) is 0.273. The molecule has 1 aliphatic carbocycles. The third kappa shape index (κ3) is 2.42. The van der Waals surface area contributed by atoms with Crippen LogP contribution >= 0.6 is 27.3 Å². The maximum Gasteiger partial charge on any atom is 0.273 e. The number of anilines is 1. The molecule has 0 atom stereocenters. The van der Waals surface area contributed by atoms with Gasteiger partial charge in [-0.1, -0.05) is 0 Å². The number of nitrogens with zero attached hydrogens (tertiary/aromatic N) is 1. The molecule has 2 heterocycles. The number of amides is 1. The molecular formula is C11H10BrN3OS. The van der Waals surface area contributed by atoms with Crippen LogP contribution in [0.25, 0.3) is 0 Å². The Morgan fingerprint density at radius 3 is 3.06 bits per heavy atom. The second kappa shape index (κ2) is 4.27. The summed E-state index contributed by atoms with van der Waals surface area (Å²) in [6, 6.07) is 1.74. The van der Waals surface area contributed by atoms with Gasteiger partial charge in [0.15, 0.2) is 5.13 Å². The van der Waals surface area contributed by atoms with E-state index < -0.39 is 0 Å². The minimum absolute atomic E-state index is 0.160. The molecule has 0 saturated heterocycles. The van der Waals surface area contributed by atoms with Crippen LogP contribution in [0.4, 0.5) is 5.13 Å². The molecule has 3 rings (SSSR count). The Balaban J connectivity index is 1.71. The Labute approximate surface area is 111 Å². The average molecular weight is 312 g/mol. The monoisotopic (exact) mass is 311 g/mol. The number of aromatic nitrogens is 2. The first-order valence-electron chi connectivity index (χ1n) is 5.33. The molecule has 0 aliphatic heterocycles. The van der Waals surface area contributed by atoms with Crippen LogP contribution in [0.5, 0.6) is 0 Å². The van der Waals surface area contributed by atoms with Crippen molar-refractivity contribution in [2.45, 2.75) is 18.8 Å². The lowest BCUT2D eigenvalue weighted by Crippen LogP contribution is -2.11. The Bertz CT molecular complexity index is 559. The zero-order valence-electron chi connectivity index (χ0n) is 8.87. The molecule has 88 valence electrons. The highest BCUT2D eigenvalue weighted by molar-refractivity contribution is 9.10. The van der Waals surface area contributed by atoms with Crippen LogP contribution in [0.15, 0.2) is 22.1 Å². The van der Waals surface area contributed by atoms with Crippen LogP contribution in [-0.2, 0) is 0 Å². The predicted molar refractivity (Wildman–Crippen MR) is 70.5 cm³/mol. The van der Waals surface area contributed by atoms with E-state index >= 15 is 0 Å². The lowest BCUT2D eigenvalue weighted by atomic mass is 10.3. The van der Waals surface area contributed by atoms with Gasteiger partial charge in [-0.3, -0.25) is 10.1 Å². The number of hydrogen-bond donors (Lipinski definition) is 2. The predicted octanol–water partition coefficient (Wildman–Crippen LogP) is 3.36. The molecule has 1 saturated carbocycles. The Morgan fingerprint density at radius 1 is 1.59 bits per heavy atom. The summed E-state index contributed by atoms with van der Waals surface area (Å²) in [5, 5.41) is 5.49. The molecule has 4 nitrogen and oxygen atoms in total. The molecule has 0 spiro atoms.